The number of rotatable bonds is 7. The van der Waals surface area contributed by atoms with Gasteiger partial charge in [0.2, 0.25) is 0 Å². The summed E-state index contributed by atoms with van der Waals surface area (Å²) in [4.78, 5) is 30.9. The molecule has 0 unspecified atom stereocenters. The van der Waals surface area contributed by atoms with Crippen LogP contribution in [0.15, 0.2) is 22.1 Å². The zero-order chi connectivity index (χ0) is 19.5. The summed E-state index contributed by atoms with van der Waals surface area (Å²) in [7, 11) is 0. The molecule has 0 aliphatic carbocycles. The van der Waals surface area contributed by atoms with E-state index in [1.54, 1.807) is 0 Å². The van der Waals surface area contributed by atoms with Gasteiger partial charge in [-0.1, -0.05) is 25.1 Å². The van der Waals surface area contributed by atoms with Crippen LogP contribution in [-0.2, 0) is 13.0 Å². The minimum absolute atomic E-state index is 0.0190. The van der Waals surface area contributed by atoms with Crippen LogP contribution in [0.2, 0.25) is 0 Å². The lowest BCUT2D eigenvalue weighted by molar-refractivity contribution is -0.141. The molecule has 142 valence electrons. The maximum Gasteiger partial charge on any atom is 0.406 e. The molecule has 9 heteroatoms. The van der Waals surface area contributed by atoms with Gasteiger partial charge in [0.05, 0.1) is 5.75 Å². The van der Waals surface area contributed by atoms with Crippen LogP contribution in [0.5, 0.6) is 0 Å². The number of thioether (sulfide) groups is 1. The average molecular weight is 387 g/mol. The third kappa shape index (κ3) is 5.23. The Morgan fingerprint density at radius 3 is 2.62 bits per heavy atom. The van der Waals surface area contributed by atoms with Crippen molar-refractivity contribution in [3.8, 4) is 0 Å². The second-order valence-corrected chi connectivity index (χ2v) is 6.95. The van der Waals surface area contributed by atoms with E-state index in [0.717, 1.165) is 22.7 Å². The smallest absolute Gasteiger partial charge is 0.339 e. The van der Waals surface area contributed by atoms with Gasteiger partial charge in [0, 0.05) is 28.7 Å². The SMILES string of the molecule is CCCc1cc(=O)[nH]c(SCC(=O)c2cc(C)n(CC(F)(F)F)c2C)n1. The molecule has 2 aromatic rings. The summed E-state index contributed by atoms with van der Waals surface area (Å²) in [6.07, 6.45) is -2.86. The molecule has 5 nitrogen and oxygen atoms in total. The Balaban J connectivity index is 2.14. The zero-order valence-electron chi connectivity index (χ0n) is 14.7. The number of hydrogen-bond acceptors (Lipinski definition) is 4. The van der Waals surface area contributed by atoms with E-state index >= 15 is 0 Å². The number of carbonyl (C=O) groups excluding carboxylic acids is 1. The highest BCUT2D eigenvalue weighted by atomic mass is 32.2. The highest BCUT2D eigenvalue weighted by Crippen LogP contribution is 2.24. The minimum Gasteiger partial charge on any atom is -0.339 e. The number of halogens is 3. The fourth-order valence-corrected chi connectivity index (χ4v) is 3.43. The van der Waals surface area contributed by atoms with E-state index in [1.807, 2.05) is 6.92 Å². The number of Topliss-reactive ketones (excluding diaryl/α,β-unsaturated/α-hetero) is 1. The molecule has 0 spiro atoms. The van der Waals surface area contributed by atoms with Crippen LogP contribution >= 0.6 is 11.8 Å². The van der Waals surface area contributed by atoms with Gasteiger partial charge in [-0.3, -0.25) is 9.59 Å². The molecule has 0 aliphatic rings. The number of aromatic amines is 1. The Labute approximate surface area is 153 Å². The van der Waals surface area contributed by atoms with Crippen LogP contribution in [0.3, 0.4) is 0 Å². The lowest BCUT2D eigenvalue weighted by Crippen LogP contribution is -2.19. The summed E-state index contributed by atoms with van der Waals surface area (Å²) in [6.45, 7) is 3.88. The summed E-state index contributed by atoms with van der Waals surface area (Å²) in [6, 6.07) is 2.88. The first-order valence-electron chi connectivity index (χ1n) is 8.10. The number of aromatic nitrogens is 3. The molecule has 26 heavy (non-hydrogen) atoms. The Morgan fingerprint density at radius 2 is 2.00 bits per heavy atom. The van der Waals surface area contributed by atoms with E-state index in [4.69, 9.17) is 0 Å². The minimum atomic E-state index is -4.35. The largest absolute Gasteiger partial charge is 0.406 e. The lowest BCUT2D eigenvalue weighted by atomic mass is 10.2. The van der Waals surface area contributed by atoms with Gasteiger partial charge in [-0.15, -0.1) is 0 Å². The molecule has 0 fully saturated rings. The molecule has 1 N–H and O–H groups in total. The standard InChI is InChI=1S/C17H20F3N3O2S/c1-4-5-12-7-15(25)22-16(21-12)26-8-14(24)13-6-10(2)23(11(13)3)9-17(18,19)20/h6-7H,4-5,8-9H2,1-3H3,(H,21,22,25). The zero-order valence-corrected chi connectivity index (χ0v) is 15.6. The molecule has 2 aromatic heterocycles. The van der Waals surface area contributed by atoms with E-state index in [9.17, 15) is 22.8 Å². The number of H-pyrrole nitrogens is 1. The van der Waals surface area contributed by atoms with Crippen LogP contribution < -0.4 is 5.56 Å². The molecule has 0 radical (unpaired) electrons. The Kier molecular flexibility index (Phi) is 6.33. The Morgan fingerprint density at radius 1 is 1.31 bits per heavy atom. The second kappa shape index (κ2) is 8.11. The fourth-order valence-electron chi connectivity index (χ4n) is 2.65. The van der Waals surface area contributed by atoms with Crippen molar-refractivity contribution in [2.45, 2.75) is 51.5 Å². The van der Waals surface area contributed by atoms with E-state index in [0.29, 0.717) is 23.0 Å². The van der Waals surface area contributed by atoms with Gasteiger partial charge in [0.1, 0.15) is 6.54 Å². The number of hydrogen-bond donors (Lipinski definition) is 1. The first kappa shape index (κ1) is 20.3. The Bertz CT molecular complexity index is 856. The van der Waals surface area contributed by atoms with E-state index in [2.05, 4.69) is 9.97 Å². The van der Waals surface area contributed by atoms with Gasteiger partial charge in [-0.05, 0) is 26.3 Å². The maximum atomic E-state index is 12.7. The van der Waals surface area contributed by atoms with Crippen LogP contribution in [0.4, 0.5) is 13.2 Å². The van der Waals surface area contributed by atoms with Crippen molar-refractivity contribution in [2.24, 2.45) is 0 Å². The molecule has 2 rings (SSSR count). The van der Waals surface area contributed by atoms with E-state index in [1.165, 1.54) is 26.0 Å². The van der Waals surface area contributed by atoms with Crippen LogP contribution in [-0.4, -0.2) is 32.2 Å². The van der Waals surface area contributed by atoms with Crippen molar-refractivity contribution in [3.63, 3.8) is 0 Å². The summed E-state index contributed by atoms with van der Waals surface area (Å²) in [5.41, 5.74) is 1.28. The molecule has 0 atom stereocenters. The monoisotopic (exact) mass is 387 g/mol. The molecule has 0 aromatic carbocycles. The number of nitrogens with zero attached hydrogens (tertiary/aromatic N) is 2. The third-order valence-electron chi connectivity index (χ3n) is 3.83. The highest BCUT2D eigenvalue weighted by molar-refractivity contribution is 7.99. The van der Waals surface area contributed by atoms with Crippen molar-refractivity contribution >= 4 is 17.5 Å². The van der Waals surface area contributed by atoms with Crippen molar-refractivity contribution in [1.82, 2.24) is 14.5 Å². The molecule has 0 aliphatic heterocycles. The van der Waals surface area contributed by atoms with Crippen LogP contribution in [0, 0.1) is 13.8 Å². The summed E-state index contributed by atoms with van der Waals surface area (Å²) in [5, 5.41) is 0.332. The highest BCUT2D eigenvalue weighted by Gasteiger charge is 2.30. The van der Waals surface area contributed by atoms with Crippen molar-refractivity contribution in [2.75, 3.05) is 5.75 Å². The third-order valence-corrected chi connectivity index (χ3v) is 4.70. The average Bonchev–Trinajstić information content (AvgIpc) is 2.79. The van der Waals surface area contributed by atoms with Gasteiger partial charge in [-0.2, -0.15) is 13.2 Å². The van der Waals surface area contributed by atoms with Gasteiger partial charge in [-0.25, -0.2) is 4.98 Å². The number of alkyl halides is 3. The molecule has 0 bridgehead atoms. The summed E-state index contributed by atoms with van der Waals surface area (Å²) >= 11 is 1.07. The van der Waals surface area contributed by atoms with Crippen molar-refractivity contribution in [1.29, 1.82) is 0 Å². The first-order valence-corrected chi connectivity index (χ1v) is 9.09. The summed E-state index contributed by atoms with van der Waals surface area (Å²) < 4.78 is 39.1. The van der Waals surface area contributed by atoms with Gasteiger partial charge < -0.3 is 9.55 Å². The molecule has 0 amide bonds. The van der Waals surface area contributed by atoms with Gasteiger partial charge >= 0.3 is 6.18 Å². The van der Waals surface area contributed by atoms with Gasteiger partial charge in [0.25, 0.3) is 5.56 Å². The van der Waals surface area contributed by atoms with E-state index in [-0.39, 0.29) is 28.4 Å². The fraction of sp³-hybridized carbons (Fsp3) is 0.471. The molecule has 0 saturated carbocycles. The molecule has 2 heterocycles. The molecular formula is C17H20F3N3O2S. The second-order valence-electron chi connectivity index (χ2n) is 5.99. The summed E-state index contributed by atoms with van der Waals surface area (Å²) in [5.74, 6) is -0.325. The Hall–Kier alpha value is -2.03. The number of carbonyl (C=O) groups is 1. The first-order chi connectivity index (χ1) is 12.1. The quantitative estimate of drug-likeness (QED) is 0.447. The topological polar surface area (TPSA) is 67.8 Å². The van der Waals surface area contributed by atoms with Crippen LogP contribution in [0.1, 0.15) is 40.8 Å². The number of nitrogens with one attached hydrogen (secondary N) is 1. The maximum absolute atomic E-state index is 12.7. The van der Waals surface area contributed by atoms with Crippen molar-refractivity contribution < 1.29 is 18.0 Å². The lowest BCUT2D eigenvalue weighted by Gasteiger charge is -2.12. The molecule has 0 saturated heterocycles. The van der Waals surface area contributed by atoms with Gasteiger partial charge in [0.15, 0.2) is 10.9 Å². The van der Waals surface area contributed by atoms with E-state index < -0.39 is 12.7 Å². The predicted octanol–water partition coefficient (Wildman–Crippen LogP) is 3.68. The van der Waals surface area contributed by atoms with Crippen molar-refractivity contribution in [3.05, 3.63) is 45.1 Å². The molecular weight excluding hydrogens is 367 g/mol. The normalized spacial score (nSPS) is 11.8. The van der Waals surface area contributed by atoms with Crippen LogP contribution in [0.25, 0.3) is 0 Å². The number of aryl methyl sites for hydroxylation is 2. The number of ketones is 1. The predicted molar refractivity (Wildman–Crippen MR) is 93.9 cm³/mol.